The standard InChI is InChI=1S/C27H47N2O2.HI/c1-7-29(8-2,9-3)19-18-28-23-11-10-20-21(25(23,4)15-14-24(28)30)12-16-26(5)22(20)13-17-27(26,6)31;/h11,20-22,31H,7-10,12-19H2,1-6H3;1H/q+1;/p-1. The maximum atomic E-state index is 13.1. The van der Waals surface area contributed by atoms with Crippen molar-refractivity contribution in [1.29, 1.82) is 0 Å². The van der Waals surface area contributed by atoms with Gasteiger partial charge in [-0.2, -0.15) is 0 Å². The molecule has 1 N–H and O–H groups in total. The maximum absolute atomic E-state index is 13.1. The first-order valence-electron chi connectivity index (χ1n) is 13.2. The number of fused-ring (bicyclic) bond motifs is 5. The number of piperidine rings is 1. The molecule has 0 radical (unpaired) electrons. The Labute approximate surface area is 213 Å². The third-order valence-corrected chi connectivity index (χ3v) is 11.2. The van der Waals surface area contributed by atoms with E-state index < -0.39 is 5.60 Å². The van der Waals surface area contributed by atoms with E-state index in [1.165, 1.54) is 12.1 Å². The fourth-order valence-corrected chi connectivity index (χ4v) is 8.39. The second-order valence-electron chi connectivity index (χ2n) is 11.9. The Balaban J connectivity index is 0.00000289. The van der Waals surface area contributed by atoms with Gasteiger partial charge >= 0.3 is 0 Å². The number of nitrogens with zero attached hydrogens (tertiary/aromatic N) is 2. The molecule has 32 heavy (non-hydrogen) atoms. The van der Waals surface area contributed by atoms with Crippen LogP contribution < -0.4 is 24.0 Å². The second-order valence-corrected chi connectivity index (χ2v) is 11.9. The molecule has 1 saturated heterocycles. The highest BCUT2D eigenvalue weighted by atomic mass is 127. The van der Waals surface area contributed by atoms with Crippen molar-refractivity contribution in [3.05, 3.63) is 11.8 Å². The number of allylic oxidation sites excluding steroid dienone is 2. The van der Waals surface area contributed by atoms with Crippen LogP contribution in [0.1, 0.15) is 86.5 Å². The molecule has 0 spiro atoms. The number of likely N-dealkylation sites (N-methyl/N-ethyl adjacent to an activating group) is 1. The van der Waals surface area contributed by atoms with Crippen molar-refractivity contribution in [2.75, 3.05) is 32.7 Å². The normalized spacial score (nSPS) is 41.3. The summed E-state index contributed by atoms with van der Waals surface area (Å²) in [6.07, 6.45) is 9.68. The van der Waals surface area contributed by atoms with Crippen molar-refractivity contribution in [2.24, 2.45) is 28.6 Å². The third kappa shape index (κ3) is 3.80. The molecule has 6 unspecified atom stereocenters. The quantitative estimate of drug-likeness (QED) is 0.400. The van der Waals surface area contributed by atoms with Crippen molar-refractivity contribution >= 4 is 5.91 Å². The second kappa shape index (κ2) is 9.14. The number of halogens is 1. The Morgan fingerprint density at radius 2 is 1.66 bits per heavy atom. The molecule has 1 amide bonds. The van der Waals surface area contributed by atoms with E-state index in [0.29, 0.717) is 30.1 Å². The highest BCUT2D eigenvalue weighted by Crippen LogP contribution is 2.66. The van der Waals surface area contributed by atoms with Crippen molar-refractivity contribution in [3.63, 3.8) is 0 Å². The Hall–Kier alpha value is -0.140. The zero-order chi connectivity index (χ0) is 22.7. The number of carbonyl (C=O) groups is 1. The van der Waals surface area contributed by atoms with Gasteiger partial charge in [-0.05, 0) is 89.4 Å². The lowest BCUT2D eigenvalue weighted by Gasteiger charge is -2.59. The van der Waals surface area contributed by atoms with Crippen LogP contribution in [0, 0.1) is 28.6 Å². The Kier molecular flexibility index (Phi) is 7.56. The van der Waals surface area contributed by atoms with Crippen LogP contribution in [-0.4, -0.2) is 58.7 Å². The van der Waals surface area contributed by atoms with E-state index in [1.54, 1.807) is 0 Å². The van der Waals surface area contributed by atoms with Crippen LogP contribution in [0.2, 0.25) is 0 Å². The van der Waals surface area contributed by atoms with Crippen LogP contribution in [0.5, 0.6) is 0 Å². The van der Waals surface area contributed by atoms with Crippen LogP contribution in [0.15, 0.2) is 11.8 Å². The summed E-state index contributed by atoms with van der Waals surface area (Å²) in [5.41, 5.74) is 0.997. The molecule has 6 atom stereocenters. The number of carbonyl (C=O) groups excluding carboxylic acids is 1. The van der Waals surface area contributed by atoms with E-state index in [0.717, 1.165) is 69.3 Å². The lowest BCUT2D eigenvalue weighted by atomic mass is 9.48. The predicted octanol–water partition coefficient (Wildman–Crippen LogP) is 1.98. The van der Waals surface area contributed by atoms with Gasteiger partial charge in [0, 0.05) is 17.5 Å². The molecule has 184 valence electrons. The van der Waals surface area contributed by atoms with Crippen molar-refractivity contribution in [1.82, 2.24) is 4.90 Å². The minimum atomic E-state index is -0.524. The zero-order valence-electron chi connectivity index (χ0n) is 21.4. The van der Waals surface area contributed by atoms with Crippen LogP contribution in [-0.2, 0) is 4.79 Å². The summed E-state index contributed by atoms with van der Waals surface area (Å²) in [4.78, 5) is 15.3. The molecule has 4 rings (SSSR count). The fourth-order valence-electron chi connectivity index (χ4n) is 8.39. The smallest absolute Gasteiger partial charge is 0.226 e. The summed E-state index contributed by atoms with van der Waals surface area (Å²) in [7, 11) is 0. The van der Waals surface area contributed by atoms with Gasteiger partial charge in [-0.1, -0.05) is 19.9 Å². The summed E-state index contributed by atoms with van der Waals surface area (Å²) in [6.45, 7) is 19.1. The van der Waals surface area contributed by atoms with Gasteiger partial charge in [-0.15, -0.1) is 0 Å². The molecule has 0 bridgehead atoms. The van der Waals surface area contributed by atoms with E-state index in [1.807, 2.05) is 0 Å². The zero-order valence-corrected chi connectivity index (χ0v) is 23.6. The number of quaternary nitrogens is 1. The highest BCUT2D eigenvalue weighted by Gasteiger charge is 2.62. The molecule has 4 aliphatic rings. The molecule has 2 saturated carbocycles. The number of aliphatic hydroxyl groups is 1. The summed E-state index contributed by atoms with van der Waals surface area (Å²) in [5.74, 6) is 2.27. The van der Waals surface area contributed by atoms with Crippen LogP contribution in [0.3, 0.4) is 0 Å². The van der Waals surface area contributed by atoms with Gasteiger partial charge in [0.05, 0.1) is 38.3 Å². The van der Waals surface area contributed by atoms with E-state index >= 15 is 0 Å². The first kappa shape index (κ1) is 26.5. The van der Waals surface area contributed by atoms with Gasteiger partial charge in [0.2, 0.25) is 5.91 Å². The summed E-state index contributed by atoms with van der Waals surface area (Å²) < 4.78 is 1.09. The average Bonchev–Trinajstić information content (AvgIpc) is 3.00. The molecular formula is C27H47IN2O2. The number of hydrogen-bond donors (Lipinski definition) is 1. The Morgan fingerprint density at radius 1 is 1.03 bits per heavy atom. The number of hydrogen-bond acceptors (Lipinski definition) is 2. The first-order chi connectivity index (χ1) is 14.6. The van der Waals surface area contributed by atoms with Crippen molar-refractivity contribution in [2.45, 2.75) is 92.1 Å². The molecule has 1 aliphatic heterocycles. The molecule has 0 aromatic rings. The van der Waals surface area contributed by atoms with E-state index in [4.69, 9.17) is 0 Å². The largest absolute Gasteiger partial charge is 1.00 e. The van der Waals surface area contributed by atoms with Crippen LogP contribution in [0.4, 0.5) is 0 Å². The molecule has 4 nitrogen and oxygen atoms in total. The third-order valence-electron chi connectivity index (χ3n) is 11.2. The predicted molar refractivity (Wildman–Crippen MR) is 126 cm³/mol. The highest BCUT2D eigenvalue weighted by molar-refractivity contribution is 5.80. The van der Waals surface area contributed by atoms with Crippen LogP contribution in [0.25, 0.3) is 0 Å². The summed E-state index contributed by atoms with van der Waals surface area (Å²) in [5, 5.41) is 11.2. The number of rotatable bonds is 6. The van der Waals surface area contributed by atoms with Gasteiger partial charge in [0.15, 0.2) is 0 Å². The summed E-state index contributed by atoms with van der Waals surface area (Å²) in [6, 6.07) is 0. The molecule has 0 aromatic heterocycles. The van der Waals surface area contributed by atoms with E-state index in [-0.39, 0.29) is 34.8 Å². The van der Waals surface area contributed by atoms with E-state index in [9.17, 15) is 9.90 Å². The van der Waals surface area contributed by atoms with Gasteiger partial charge < -0.3 is 38.5 Å². The monoisotopic (exact) mass is 558 g/mol. The molecule has 0 aromatic carbocycles. The molecule has 1 heterocycles. The molecule has 3 fully saturated rings. The molecule has 5 heteroatoms. The average molecular weight is 559 g/mol. The Morgan fingerprint density at radius 3 is 2.28 bits per heavy atom. The minimum Gasteiger partial charge on any atom is -1.00 e. The fraction of sp³-hybridized carbons (Fsp3) is 0.889. The minimum absolute atomic E-state index is 0. The van der Waals surface area contributed by atoms with Crippen molar-refractivity contribution < 1.29 is 38.4 Å². The van der Waals surface area contributed by atoms with Gasteiger partial charge in [-0.25, -0.2) is 0 Å². The van der Waals surface area contributed by atoms with Crippen molar-refractivity contribution in [3.8, 4) is 0 Å². The number of amides is 1. The first-order valence-corrected chi connectivity index (χ1v) is 13.2. The summed E-state index contributed by atoms with van der Waals surface area (Å²) >= 11 is 0. The maximum Gasteiger partial charge on any atom is 0.226 e. The van der Waals surface area contributed by atoms with Gasteiger partial charge in [0.25, 0.3) is 0 Å². The van der Waals surface area contributed by atoms with Gasteiger partial charge in [-0.3, -0.25) is 4.79 Å². The topological polar surface area (TPSA) is 40.5 Å². The number of likely N-dealkylation sites (tertiary alicyclic amines) is 1. The van der Waals surface area contributed by atoms with E-state index in [2.05, 4.69) is 52.5 Å². The molecular weight excluding hydrogens is 511 g/mol. The Bertz CT molecular complexity index is 738. The lowest BCUT2D eigenvalue weighted by Crippen LogP contribution is -3.00. The molecule has 3 aliphatic carbocycles. The lowest BCUT2D eigenvalue weighted by molar-refractivity contribution is -0.922. The van der Waals surface area contributed by atoms with Gasteiger partial charge in [0.1, 0.15) is 0 Å². The SMILES string of the molecule is CC[N+](CC)(CC)CCN1C(=O)CCC2(C)C1=CCC1C2CCC2(C)C1CCC2(C)O.[I-]. The van der Waals surface area contributed by atoms with Crippen LogP contribution >= 0.6 is 0 Å².